The van der Waals surface area contributed by atoms with Crippen LogP contribution in [0.5, 0.6) is 17.4 Å². The number of allylic oxidation sites excluding steroid dienone is 1. The summed E-state index contributed by atoms with van der Waals surface area (Å²) in [7, 11) is 1.62. The van der Waals surface area contributed by atoms with Crippen molar-refractivity contribution in [2.45, 2.75) is 0 Å². The molecule has 2 heterocycles. The summed E-state index contributed by atoms with van der Waals surface area (Å²) in [5.74, 6) is 0.893. The van der Waals surface area contributed by atoms with Crippen LogP contribution in [0.4, 0.5) is 5.69 Å². The van der Waals surface area contributed by atoms with E-state index >= 15 is 0 Å². The number of fused-ring (bicyclic) bond motifs is 1. The summed E-state index contributed by atoms with van der Waals surface area (Å²) in [4.78, 5) is 5.03. The number of ether oxygens (including phenoxy) is 1. The molecule has 0 aliphatic carbocycles. The lowest BCUT2D eigenvalue weighted by Gasteiger charge is -2.05. The predicted molar refractivity (Wildman–Crippen MR) is 107 cm³/mol. The maximum Gasteiger partial charge on any atom is 0.215 e. The number of nitrogens with zero attached hydrogens (tertiary/aromatic N) is 2. The summed E-state index contributed by atoms with van der Waals surface area (Å²) < 4.78 is 7.25. The Morgan fingerprint density at radius 3 is 2.81 bits per heavy atom. The van der Waals surface area contributed by atoms with E-state index in [0.717, 1.165) is 22.6 Å². The van der Waals surface area contributed by atoms with E-state index in [4.69, 9.17) is 17.0 Å². The van der Waals surface area contributed by atoms with Gasteiger partial charge in [-0.1, -0.05) is 6.07 Å². The van der Waals surface area contributed by atoms with Gasteiger partial charge in [0, 0.05) is 29.5 Å². The van der Waals surface area contributed by atoms with Gasteiger partial charge >= 0.3 is 0 Å². The van der Waals surface area contributed by atoms with Gasteiger partial charge < -0.3 is 14.9 Å². The number of phenols is 1. The van der Waals surface area contributed by atoms with E-state index in [0.29, 0.717) is 14.5 Å². The molecular weight excluding hydrogens is 368 g/mol. The molecule has 0 fully saturated rings. The van der Waals surface area contributed by atoms with Crippen LogP contribution in [0.2, 0.25) is 0 Å². The third-order valence-electron chi connectivity index (χ3n) is 4.05. The van der Waals surface area contributed by atoms with Crippen LogP contribution in [0.25, 0.3) is 17.3 Å². The van der Waals surface area contributed by atoms with Crippen molar-refractivity contribution < 1.29 is 14.9 Å². The van der Waals surface area contributed by atoms with Crippen LogP contribution >= 0.6 is 23.6 Å². The highest BCUT2D eigenvalue weighted by atomic mass is 32.1. The molecule has 0 atom stereocenters. The summed E-state index contributed by atoms with van der Waals surface area (Å²) in [6, 6.07) is 12.3. The highest BCUT2D eigenvalue weighted by Crippen LogP contribution is 2.38. The molecule has 5 nitrogen and oxygen atoms in total. The number of benzene rings is 2. The fourth-order valence-electron chi connectivity index (χ4n) is 2.79. The highest BCUT2D eigenvalue weighted by Gasteiger charge is 2.17. The molecule has 0 unspecified atom stereocenters. The Balaban J connectivity index is 1.78. The summed E-state index contributed by atoms with van der Waals surface area (Å²) in [6.07, 6.45) is 3.61. The molecule has 3 aromatic rings. The van der Waals surface area contributed by atoms with Crippen molar-refractivity contribution in [2.75, 3.05) is 7.11 Å². The van der Waals surface area contributed by atoms with Crippen LogP contribution in [-0.2, 0) is 0 Å². The second kappa shape index (κ2) is 6.44. The molecule has 2 N–H and O–H groups in total. The van der Waals surface area contributed by atoms with Crippen molar-refractivity contribution in [3.05, 3.63) is 56.9 Å². The average Bonchev–Trinajstić information content (AvgIpc) is 3.15. The van der Waals surface area contributed by atoms with Crippen molar-refractivity contribution in [1.29, 1.82) is 0 Å². The van der Waals surface area contributed by atoms with Gasteiger partial charge in [-0.2, -0.15) is 0 Å². The number of thiazole rings is 1. The topological polar surface area (TPSA) is 67.0 Å². The van der Waals surface area contributed by atoms with E-state index < -0.39 is 0 Å². The molecule has 2 aromatic carbocycles. The molecule has 26 heavy (non-hydrogen) atoms. The number of hydrogen-bond acceptors (Lipinski definition) is 6. The zero-order valence-corrected chi connectivity index (χ0v) is 15.3. The van der Waals surface area contributed by atoms with Crippen molar-refractivity contribution in [3.63, 3.8) is 0 Å². The third-order valence-corrected chi connectivity index (χ3v) is 5.36. The van der Waals surface area contributed by atoms with E-state index in [9.17, 15) is 10.2 Å². The van der Waals surface area contributed by atoms with Gasteiger partial charge in [-0.05, 0) is 42.6 Å². The first-order chi connectivity index (χ1) is 12.6. The monoisotopic (exact) mass is 382 g/mol. The lowest BCUT2D eigenvalue weighted by atomic mass is 10.1. The summed E-state index contributed by atoms with van der Waals surface area (Å²) in [5.41, 5.74) is 3.29. The van der Waals surface area contributed by atoms with Crippen molar-refractivity contribution in [3.8, 4) is 23.1 Å². The first kappa shape index (κ1) is 16.6. The highest BCUT2D eigenvalue weighted by molar-refractivity contribution is 7.73. The number of methoxy groups -OCH3 is 1. The maximum atomic E-state index is 10.7. The van der Waals surface area contributed by atoms with Crippen molar-refractivity contribution >= 4 is 47.1 Å². The van der Waals surface area contributed by atoms with Crippen LogP contribution in [-0.4, -0.2) is 28.1 Å². The molecule has 0 saturated carbocycles. The molecule has 130 valence electrons. The Labute approximate surface area is 158 Å². The molecule has 7 heteroatoms. The minimum atomic E-state index is 0.0356. The van der Waals surface area contributed by atoms with E-state index in [2.05, 4.69) is 4.99 Å². The zero-order valence-electron chi connectivity index (χ0n) is 13.7. The molecule has 0 saturated heterocycles. The minimum absolute atomic E-state index is 0.0356. The largest absolute Gasteiger partial charge is 0.508 e. The predicted octanol–water partition coefficient (Wildman–Crippen LogP) is 4.94. The standard InChI is InChI=1S/C19H14N2O3S2/c1-24-14-5-6-15-11(10-20-16(15)9-14)7-17-18(23)21(19(25)26-17)12-3-2-4-13(22)8-12/h2-10,22-23H,1H3. The normalized spacial score (nSPS) is 14.0. The molecule has 4 rings (SSSR count). The molecule has 1 aliphatic heterocycles. The second-order valence-corrected chi connectivity index (χ2v) is 7.33. The van der Waals surface area contributed by atoms with Gasteiger partial charge in [0.05, 0.1) is 23.4 Å². The number of hydrogen-bond donors (Lipinski definition) is 2. The molecular formula is C19H14N2O3S2. The quantitative estimate of drug-likeness (QED) is 0.630. The third kappa shape index (κ3) is 2.81. The van der Waals surface area contributed by atoms with Crippen LogP contribution in [0.15, 0.2) is 47.5 Å². The summed E-state index contributed by atoms with van der Waals surface area (Å²) >= 11 is 6.69. The second-order valence-electron chi connectivity index (χ2n) is 5.65. The molecule has 0 radical (unpaired) electrons. The number of aliphatic imine (C=N–C) groups is 1. The maximum absolute atomic E-state index is 10.7. The van der Waals surface area contributed by atoms with Crippen LogP contribution in [0.3, 0.4) is 0 Å². The van der Waals surface area contributed by atoms with Gasteiger partial charge in [-0.15, -0.1) is 11.3 Å². The Kier molecular flexibility index (Phi) is 4.10. The first-order valence-electron chi connectivity index (χ1n) is 7.75. The summed E-state index contributed by atoms with van der Waals surface area (Å²) in [5, 5.41) is 20.3. The lowest BCUT2D eigenvalue weighted by Crippen LogP contribution is -1.92. The smallest absolute Gasteiger partial charge is 0.215 e. The molecule has 0 amide bonds. The molecule has 0 spiro atoms. The zero-order chi connectivity index (χ0) is 18.3. The lowest BCUT2D eigenvalue weighted by molar-refractivity contribution is 0.415. The van der Waals surface area contributed by atoms with Crippen molar-refractivity contribution in [1.82, 2.24) is 4.57 Å². The van der Waals surface area contributed by atoms with E-state index in [-0.39, 0.29) is 11.6 Å². The van der Waals surface area contributed by atoms with Crippen LogP contribution in [0, 0.1) is 3.95 Å². The van der Waals surface area contributed by atoms with Crippen molar-refractivity contribution in [2.24, 2.45) is 4.99 Å². The van der Waals surface area contributed by atoms with Gasteiger partial charge in [0.2, 0.25) is 5.88 Å². The molecule has 1 aromatic heterocycles. The van der Waals surface area contributed by atoms with E-state index in [1.165, 1.54) is 15.9 Å². The first-order valence-corrected chi connectivity index (χ1v) is 8.97. The number of aromatic nitrogens is 1. The van der Waals surface area contributed by atoms with Gasteiger partial charge in [0.15, 0.2) is 3.95 Å². The van der Waals surface area contributed by atoms with Gasteiger partial charge in [-0.3, -0.25) is 9.56 Å². The van der Waals surface area contributed by atoms with Gasteiger partial charge in [-0.25, -0.2) is 0 Å². The van der Waals surface area contributed by atoms with Crippen LogP contribution in [0.1, 0.15) is 10.4 Å². The number of phenolic OH excluding ortho intramolecular Hbond substituents is 1. The molecule has 0 bridgehead atoms. The average molecular weight is 382 g/mol. The van der Waals surface area contributed by atoms with E-state index in [1.807, 2.05) is 24.3 Å². The fraction of sp³-hybridized carbons (Fsp3) is 0.0526. The SMILES string of the molecule is COc1ccc2c(c1)N=CC2=Cc1sc(=S)n(-c2cccc(O)c2)c1O. The Morgan fingerprint density at radius 2 is 2.04 bits per heavy atom. The minimum Gasteiger partial charge on any atom is -0.508 e. The fourth-order valence-corrected chi connectivity index (χ4v) is 4.09. The Bertz CT molecular complexity index is 1130. The number of aromatic hydroxyl groups is 2. The molecule has 1 aliphatic rings. The Hall–Kier alpha value is -2.90. The van der Waals surface area contributed by atoms with E-state index in [1.54, 1.807) is 37.6 Å². The van der Waals surface area contributed by atoms with Gasteiger partial charge in [0.1, 0.15) is 11.5 Å². The summed E-state index contributed by atoms with van der Waals surface area (Å²) in [6.45, 7) is 0. The Morgan fingerprint density at radius 1 is 1.19 bits per heavy atom. The van der Waals surface area contributed by atoms with Gasteiger partial charge in [0.25, 0.3) is 0 Å². The number of rotatable bonds is 3. The van der Waals surface area contributed by atoms with Crippen LogP contribution < -0.4 is 4.74 Å².